The van der Waals surface area contributed by atoms with Crippen molar-refractivity contribution in [2.24, 2.45) is 0 Å². The van der Waals surface area contributed by atoms with Crippen molar-refractivity contribution in [3.63, 3.8) is 0 Å². The third kappa shape index (κ3) is 8.50. The first-order valence-electron chi connectivity index (χ1n) is 13.7. The minimum absolute atomic E-state index is 0.310. The van der Waals surface area contributed by atoms with Gasteiger partial charge in [0.1, 0.15) is 22.5 Å². The number of halogens is 1. The molecule has 2 aromatic rings. The second-order valence-electron chi connectivity index (χ2n) is 9.36. The molecular formula is C34H42FN3S. The van der Waals surface area contributed by atoms with Gasteiger partial charge in [0.2, 0.25) is 0 Å². The first-order chi connectivity index (χ1) is 18.7. The molecule has 3 nitrogen and oxygen atoms in total. The Morgan fingerprint density at radius 3 is 2.18 bits per heavy atom. The Morgan fingerprint density at radius 2 is 1.64 bits per heavy atom. The molecule has 0 aliphatic rings. The van der Waals surface area contributed by atoms with Crippen LogP contribution in [0.4, 0.5) is 9.52 Å². The highest BCUT2D eigenvalue weighted by Gasteiger charge is 2.19. The van der Waals surface area contributed by atoms with E-state index in [0.717, 1.165) is 46.8 Å². The molecule has 0 bridgehead atoms. The molecule has 0 unspecified atom stereocenters. The highest BCUT2D eigenvalue weighted by molar-refractivity contribution is 7.16. The van der Waals surface area contributed by atoms with Gasteiger partial charge in [-0.05, 0) is 101 Å². The molecule has 0 spiro atoms. The van der Waals surface area contributed by atoms with Gasteiger partial charge >= 0.3 is 0 Å². The molecule has 0 saturated heterocycles. The fourth-order valence-corrected chi connectivity index (χ4v) is 5.13. The summed E-state index contributed by atoms with van der Waals surface area (Å²) in [7, 11) is 0. The van der Waals surface area contributed by atoms with Crippen LogP contribution >= 0.6 is 11.3 Å². The molecule has 2 rings (SSSR count). The van der Waals surface area contributed by atoms with Gasteiger partial charge in [0.15, 0.2) is 5.13 Å². The molecule has 0 fully saturated rings. The predicted molar refractivity (Wildman–Crippen MR) is 167 cm³/mol. The summed E-state index contributed by atoms with van der Waals surface area (Å²) in [5.41, 5.74) is 8.51. The molecule has 0 saturated carbocycles. The zero-order valence-corrected chi connectivity index (χ0v) is 25.5. The van der Waals surface area contributed by atoms with E-state index < -0.39 is 0 Å². The van der Waals surface area contributed by atoms with E-state index in [1.165, 1.54) is 40.2 Å². The summed E-state index contributed by atoms with van der Waals surface area (Å²) in [5, 5.41) is 10.5. The van der Waals surface area contributed by atoms with E-state index in [9.17, 15) is 9.65 Å². The molecule has 39 heavy (non-hydrogen) atoms. The maximum Gasteiger partial charge on any atom is 0.191 e. The third-order valence-corrected chi connectivity index (χ3v) is 7.76. The predicted octanol–water partition coefficient (Wildman–Crippen LogP) is 10.5. The van der Waals surface area contributed by atoms with Gasteiger partial charge < -0.3 is 4.90 Å². The highest BCUT2D eigenvalue weighted by atomic mass is 32.1. The molecule has 0 N–H and O–H groups in total. The number of hydrogen-bond donors (Lipinski definition) is 0. The molecule has 5 heteroatoms. The van der Waals surface area contributed by atoms with E-state index in [1.54, 1.807) is 12.1 Å². The monoisotopic (exact) mass is 543 g/mol. The van der Waals surface area contributed by atoms with E-state index in [1.807, 2.05) is 0 Å². The topological polar surface area (TPSA) is 39.9 Å². The number of unbranched alkanes of at least 4 members (excludes halogenated alkanes) is 1. The van der Waals surface area contributed by atoms with Gasteiger partial charge in [-0.2, -0.15) is 5.26 Å². The molecule has 1 aromatic heterocycles. The van der Waals surface area contributed by atoms with Crippen molar-refractivity contribution in [2.75, 3.05) is 11.4 Å². The summed E-state index contributed by atoms with van der Waals surface area (Å²) in [6.45, 7) is 17.7. The van der Waals surface area contributed by atoms with Crippen LogP contribution < -0.4 is 4.90 Å². The number of allylic oxidation sites excluding steroid dienone is 12. The van der Waals surface area contributed by atoms with Crippen LogP contribution in [0.5, 0.6) is 0 Å². The zero-order valence-electron chi connectivity index (χ0n) is 24.7. The maximum atomic E-state index is 13.5. The Bertz CT molecular complexity index is 1340. The van der Waals surface area contributed by atoms with Crippen molar-refractivity contribution in [1.29, 1.82) is 5.26 Å². The first-order valence-corrected chi connectivity index (χ1v) is 14.6. The van der Waals surface area contributed by atoms with Crippen LogP contribution in [0.1, 0.15) is 79.5 Å². The largest absolute Gasteiger partial charge is 0.322 e. The summed E-state index contributed by atoms with van der Waals surface area (Å²) in [4.78, 5) is 7.49. The minimum atomic E-state index is -0.310. The van der Waals surface area contributed by atoms with Gasteiger partial charge in [-0.3, -0.25) is 0 Å². The van der Waals surface area contributed by atoms with Gasteiger partial charge in [-0.25, -0.2) is 9.37 Å². The molecular weight excluding hydrogens is 501 g/mol. The molecule has 1 aromatic carbocycles. The Morgan fingerprint density at radius 1 is 1.00 bits per heavy atom. The maximum absolute atomic E-state index is 13.5. The quantitative estimate of drug-likeness (QED) is 0.250. The van der Waals surface area contributed by atoms with Gasteiger partial charge in [-0.1, -0.05) is 73.6 Å². The van der Waals surface area contributed by atoms with Crippen molar-refractivity contribution >= 4 is 16.5 Å². The number of benzene rings is 1. The van der Waals surface area contributed by atoms with Crippen LogP contribution in [-0.2, 0) is 0 Å². The lowest BCUT2D eigenvalue weighted by molar-refractivity contribution is 0.628. The third-order valence-electron chi connectivity index (χ3n) is 6.77. The van der Waals surface area contributed by atoms with Gasteiger partial charge in [0.25, 0.3) is 0 Å². The van der Waals surface area contributed by atoms with E-state index in [4.69, 9.17) is 4.98 Å². The standard InChI is InChI=1S/C34H42FN3S/c1-9-14-15-29(28(12-4)22-24(6)10-2)17-16-27(11-3)25(7)26(8)38(13-5)34-37-33(32(23-36)39-34)30-18-20-31(35)21-19-30/h11-12,15-22H,9-10,13-14H2,1-8H3/b17-16+,24-22-,26-25+,27-11+,28-12+,29-15-. The molecule has 206 valence electrons. The van der Waals surface area contributed by atoms with Crippen molar-refractivity contribution in [1.82, 2.24) is 4.98 Å². The number of hydrogen-bond acceptors (Lipinski definition) is 4. The summed E-state index contributed by atoms with van der Waals surface area (Å²) in [6, 6.07) is 8.41. The highest BCUT2D eigenvalue weighted by Crippen LogP contribution is 2.35. The number of anilines is 1. The minimum Gasteiger partial charge on any atom is -0.322 e. The Balaban J connectivity index is 2.48. The number of rotatable bonds is 12. The van der Waals surface area contributed by atoms with Crippen LogP contribution in [0.3, 0.4) is 0 Å². The van der Waals surface area contributed by atoms with Gasteiger partial charge in [0, 0.05) is 17.8 Å². The Hall–Kier alpha value is -3.49. The Labute approximate surface area is 239 Å². The molecule has 1 heterocycles. The molecule has 0 amide bonds. The molecule has 0 aliphatic heterocycles. The van der Waals surface area contributed by atoms with Crippen LogP contribution in [0.25, 0.3) is 11.3 Å². The number of nitrogens with zero attached hydrogens (tertiary/aromatic N) is 3. The van der Waals surface area contributed by atoms with Crippen LogP contribution in [0, 0.1) is 17.1 Å². The van der Waals surface area contributed by atoms with Crippen molar-refractivity contribution in [3.05, 3.63) is 105 Å². The average molecular weight is 544 g/mol. The normalized spacial score (nSPS) is 14.1. The fourth-order valence-electron chi connectivity index (χ4n) is 4.13. The van der Waals surface area contributed by atoms with Gasteiger partial charge in [-0.15, -0.1) is 0 Å². The van der Waals surface area contributed by atoms with Crippen molar-refractivity contribution < 1.29 is 4.39 Å². The lowest BCUT2D eigenvalue weighted by Gasteiger charge is -2.23. The summed E-state index contributed by atoms with van der Waals surface area (Å²) in [6.07, 6.45) is 16.5. The van der Waals surface area contributed by atoms with E-state index >= 15 is 0 Å². The van der Waals surface area contributed by atoms with Crippen molar-refractivity contribution in [2.45, 2.75) is 74.7 Å². The Kier molecular flexibility index (Phi) is 12.9. The smallest absolute Gasteiger partial charge is 0.191 e. The van der Waals surface area contributed by atoms with E-state index in [0.29, 0.717) is 17.1 Å². The SMILES string of the molecule is C/C=C(\C=C(\C)CC)C(=C\CCC)/C=C/C(=C\C)C(/C)=C(\C)N(CC)c1nc(-c2ccc(F)cc2)c(C#N)s1. The van der Waals surface area contributed by atoms with Crippen LogP contribution in [-0.4, -0.2) is 11.5 Å². The second kappa shape index (κ2) is 15.8. The molecule has 0 radical (unpaired) electrons. The number of nitriles is 1. The zero-order chi connectivity index (χ0) is 28.9. The van der Waals surface area contributed by atoms with E-state index in [-0.39, 0.29) is 5.82 Å². The summed E-state index contributed by atoms with van der Waals surface area (Å²) >= 11 is 1.36. The lowest BCUT2D eigenvalue weighted by atomic mass is 9.97. The fraction of sp³-hybridized carbons (Fsp3) is 0.353. The average Bonchev–Trinajstić information content (AvgIpc) is 3.38. The van der Waals surface area contributed by atoms with Crippen LogP contribution in [0.15, 0.2) is 94.3 Å². The summed E-state index contributed by atoms with van der Waals surface area (Å²) in [5.74, 6) is -0.310. The lowest BCUT2D eigenvalue weighted by Crippen LogP contribution is -2.21. The second-order valence-corrected chi connectivity index (χ2v) is 10.3. The summed E-state index contributed by atoms with van der Waals surface area (Å²) < 4.78 is 13.5. The first kappa shape index (κ1) is 31.7. The van der Waals surface area contributed by atoms with Crippen molar-refractivity contribution in [3.8, 4) is 17.3 Å². The van der Waals surface area contributed by atoms with Gasteiger partial charge in [0.05, 0.1) is 0 Å². The molecule has 0 aliphatic carbocycles. The number of thiazole rings is 1. The number of aromatic nitrogens is 1. The van der Waals surface area contributed by atoms with Crippen LogP contribution in [0.2, 0.25) is 0 Å². The van der Waals surface area contributed by atoms with E-state index in [2.05, 4.69) is 103 Å². The molecule has 0 atom stereocenters.